The van der Waals surface area contributed by atoms with Gasteiger partial charge in [0.2, 0.25) is 15.9 Å². The fraction of sp³-hybridized carbons (Fsp3) is 0.350. The first kappa shape index (κ1) is 20.0. The summed E-state index contributed by atoms with van der Waals surface area (Å²) in [6.07, 6.45) is 2.00. The number of hydrogen-bond donors (Lipinski definition) is 0. The maximum atomic E-state index is 12.9. The minimum absolute atomic E-state index is 0.251. The monoisotopic (exact) mass is 374 g/mol. The van der Waals surface area contributed by atoms with Gasteiger partial charge in [-0.05, 0) is 36.6 Å². The molecule has 0 aromatic heterocycles. The third kappa shape index (κ3) is 4.85. The van der Waals surface area contributed by atoms with Crippen LogP contribution in [-0.2, 0) is 27.8 Å². The number of benzene rings is 2. The van der Waals surface area contributed by atoms with E-state index in [2.05, 4.69) is 0 Å². The van der Waals surface area contributed by atoms with Gasteiger partial charge in [0.15, 0.2) is 0 Å². The van der Waals surface area contributed by atoms with Crippen LogP contribution in [0.3, 0.4) is 0 Å². The van der Waals surface area contributed by atoms with Crippen molar-refractivity contribution in [3.05, 3.63) is 65.7 Å². The number of carbonyl (C=O) groups excluding carboxylic acids is 1. The van der Waals surface area contributed by atoms with Crippen LogP contribution < -0.4 is 4.31 Å². The van der Waals surface area contributed by atoms with Crippen molar-refractivity contribution in [3.8, 4) is 0 Å². The van der Waals surface area contributed by atoms with Crippen molar-refractivity contribution in [2.75, 3.05) is 17.6 Å². The van der Waals surface area contributed by atoms with Gasteiger partial charge in [0.25, 0.3) is 0 Å². The van der Waals surface area contributed by atoms with Gasteiger partial charge in [0, 0.05) is 13.6 Å². The maximum Gasteiger partial charge on any atom is 0.246 e. The fourth-order valence-corrected chi connectivity index (χ4v) is 4.10. The number of anilines is 1. The van der Waals surface area contributed by atoms with Crippen molar-refractivity contribution >= 4 is 21.6 Å². The Labute approximate surface area is 156 Å². The molecule has 0 saturated carbocycles. The van der Waals surface area contributed by atoms with Crippen LogP contribution in [0.4, 0.5) is 5.69 Å². The Bertz CT molecular complexity index is 833. The smallest absolute Gasteiger partial charge is 0.246 e. The summed E-state index contributed by atoms with van der Waals surface area (Å²) >= 11 is 0. The molecule has 0 N–H and O–H groups in total. The third-order valence-corrected chi connectivity index (χ3v) is 5.55. The molecular weight excluding hydrogens is 348 g/mol. The topological polar surface area (TPSA) is 57.7 Å². The zero-order chi connectivity index (χ0) is 19.3. The van der Waals surface area contributed by atoms with Gasteiger partial charge in [0.1, 0.15) is 6.04 Å². The van der Waals surface area contributed by atoms with E-state index < -0.39 is 16.1 Å². The Morgan fingerprint density at radius 2 is 1.58 bits per heavy atom. The molecule has 26 heavy (non-hydrogen) atoms. The van der Waals surface area contributed by atoms with E-state index in [-0.39, 0.29) is 5.91 Å². The first-order valence-corrected chi connectivity index (χ1v) is 10.5. The van der Waals surface area contributed by atoms with Gasteiger partial charge in [-0.25, -0.2) is 8.42 Å². The number of hydrogen-bond acceptors (Lipinski definition) is 3. The zero-order valence-electron chi connectivity index (χ0n) is 15.7. The number of nitrogens with zero attached hydrogens (tertiary/aromatic N) is 2. The van der Waals surface area contributed by atoms with Crippen molar-refractivity contribution in [2.45, 2.75) is 32.9 Å². The molecule has 1 atom stereocenters. The van der Waals surface area contributed by atoms with Crippen molar-refractivity contribution < 1.29 is 13.2 Å². The van der Waals surface area contributed by atoms with Crippen molar-refractivity contribution in [3.63, 3.8) is 0 Å². The Hall–Kier alpha value is -2.34. The van der Waals surface area contributed by atoms with Crippen LogP contribution in [0.15, 0.2) is 54.6 Å². The second-order valence-corrected chi connectivity index (χ2v) is 8.29. The lowest BCUT2D eigenvalue weighted by Crippen LogP contribution is -2.48. The highest BCUT2D eigenvalue weighted by Gasteiger charge is 2.30. The predicted octanol–water partition coefficient (Wildman–Crippen LogP) is 3.06. The summed E-state index contributed by atoms with van der Waals surface area (Å²) < 4.78 is 25.9. The molecule has 140 valence electrons. The van der Waals surface area contributed by atoms with Crippen LogP contribution in [0.1, 0.15) is 25.0 Å². The molecule has 1 unspecified atom stereocenters. The van der Waals surface area contributed by atoms with Gasteiger partial charge in [-0.1, -0.05) is 49.4 Å². The number of rotatable bonds is 7. The van der Waals surface area contributed by atoms with Crippen molar-refractivity contribution in [2.24, 2.45) is 0 Å². The van der Waals surface area contributed by atoms with Gasteiger partial charge in [-0.2, -0.15) is 0 Å². The van der Waals surface area contributed by atoms with E-state index in [1.165, 1.54) is 4.31 Å². The average molecular weight is 375 g/mol. The molecular formula is C20H26N2O3S. The summed E-state index contributed by atoms with van der Waals surface area (Å²) in [4.78, 5) is 14.4. The van der Waals surface area contributed by atoms with E-state index in [9.17, 15) is 13.2 Å². The summed E-state index contributed by atoms with van der Waals surface area (Å²) in [6.45, 7) is 4.09. The molecule has 0 bridgehead atoms. The molecule has 0 saturated heterocycles. The number of aryl methyl sites for hydroxylation is 1. The molecule has 1 amide bonds. The number of likely N-dealkylation sites (N-methyl/N-ethyl adjacent to an activating group) is 1. The lowest BCUT2D eigenvalue weighted by atomic mass is 10.1. The molecule has 0 aliphatic heterocycles. The molecule has 0 heterocycles. The summed E-state index contributed by atoms with van der Waals surface area (Å²) in [6, 6.07) is 16.1. The van der Waals surface area contributed by atoms with Gasteiger partial charge in [-0.3, -0.25) is 9.10 Å². The van der Waals surface area contributed by atoms with Crippen LogP contribution in [0.5, 0.6) is 0 Å². The van der Waals surface area contributed by atoms with E-state index >= 15 is 0 Å². The summed E-state index contributed by atoms with van der Waals surface area (Å²) in [5.41, 5.74) is 2.61. The molecule has 5 nitrogen and oxygen atoms in total. The minimum atomic E-state index is -3.60. The highest BCUT2D eigenvalue weighted by atomic mass is 32.2. The molecule has 2 aromatic rings. The lowest BCUT2D eigenvalue weighted by Gasteiger charge is -2.31. The highest BCUT2D eigenvalue weighted by molar-refractivity contribution is 7.92. The Balaban J connectivity index is 2.25. The van der Waals surface area contributed by atoms with Crippen LogP contribution >= 0.6 is 0 Å². The fourth-order valence-electron chi connectivity index (χ4n) is 2.94. The van der Waals surface area contributed by atoms with Gasteiger partial charge >= 0.3 is 0 Å². The van der Waals surface area contributed by atoms with E-state index in [4.69, 9.17) is 0 Å². The van der Waals surface area contributed by atoms with Crippen LogP contribution in [0, 0.1) is 0 Å². The third-order valence-electron chi connectivity index (χ3n) is 4.30. The molecule has 0 fully saturated rings. The molecule has 6 heteroatoms. The number of carbonyl (C=O) groups is 1. The SMILES string of the molecule is CCc1ccc(N(C(C)C(=O)N(C)Cc2ccccc2)S(C)(=O)=O)cc1. The van der Waals surface area contributed by atoms with Gasteiger partial charge in [-0.15, -0.1) is 0 Å². The van der Waals surface area contributed by atoms with Gasteiger partial charge < -0.3 is 4.90 Å². The maximum absolute atomic E-state index is 12.9. The van der Waals surface area contributed by atoms with Crippen molar-refractivity contribution in [1.29, 1.82) is 0 Å². The molecule has 0 aliphatic rings. The second kappa shape index (κ2) is 8.36. The standard InChI is InChI=1S/C20H26N2O3S/c1-5-17-11-13-19(14-12-17)22(26(4,24)25)16(2)20(23)21(3)15-18-9-7-6-8-10-18/h6-14,16H,5,15H2,1-4H3. The predicted molar refractivity (Wildman–Crippen MR) is 106 cm³/mol. The van der Waals surface area contributed by atoms with E-state index in [0.717, 1.165) is 23.8 Å². The molecule has 0 spiro atoms. The van der Waals surface area contributed by atoms with E-state index in [1.54, 1.807) is 31.0 Å². The quantitative estimate of drug-likeness (QED) is 0.748. The largest absolute Gasteiger partial charge is 0.340 e. The van der Waals surface area contributed by atoms with Gasteiger partial charge in [0.05, 0.1) is 11.9 Å². The highest BCUT2D eigenvalue weighted by Crippen LogP contribution is 2.22. The molecule has 2 aromatic carbocycles. The molecule has 0 aliphatic carbocycles. The lowest BCUT2D eigenvalue weighted by molar-refractivity contribution is -0.131. The zero-order valence-corrected chi connectivity index (χ0v) is 16.5. The minimum Gasteiger partial charge on any atom is -0.340 e. The molecule has 0 radical (unpaired) electrons. The Morgan fingerprint density at radius 3 is 2.08 bits per heavy atom. The first-order chi connectivity index (χ1) is 12.2. The average Bonchev–Trinajstić information content (AvgIpc) is 2.61. The van der Waals surface area contributed by atoms with Crippen LogP contribution in [-0.4, -0.2) is 38.6 Å². The van der Waals surface area contributed by atoms with E-state index in [1.807, 2.05) is 49.4 Å². The summed E-state index contributed by atoms with van der Waals surface area (Å²) in [5.74, 6) is -0.251. The van der Waals surface area contributed by atoms with Crippen LogP contribution in [0.2, 0.25) is 0 Å². The number of amides is 1. The molecule has 2 rings (SSSR count). The Kier molecular flexibility index (Phi) is 6.42. The number of sulfonamides is 1. The van der Waals surface area contributed by atoms with E-state index in [0.29, 0.717) is 12.2 Å². The first-order valence-electron chi connectivity index (χ1n) is 8.61. The second-order valence-electron chi connectivity index (χ2n) is 6.43. The van der Waals surface area contributed by atoms with Crippen molar-refractivity contribution in [1.82, 2.24) is 4.90 Å². The van der Waals surface area contributed by atoms with Crippen LogP contribution in [0.25, 0.3) is 0 Å². The Morgan fingerprint density at radius 1 is 1.00 bits per heavy atom. The summed E-state index contributed by atoms with van der Waals surface area (Å²) in [5, 5.41) is 0. The summed E-state index contributed by atoms with van der Waals surface area (Å²) in [7, 11) is -1.92. The normalized spacial score (nSPS) is 12.5.